The SMILES string of the molecule is CCCN1CCN(C(=O)c2ccccc2Cc2cccs2)CC1. The molecule has 0 radical (unpaired) electrons. The molecule has 0 spiro atoms. The van der Waals surface area contributed by atoms with Crippen LogP contribution < -0.4 is 0 Å². The lowest BCUT2D eigenvalue weighted by molar-refractivity contribution is 0.0636. The topological polar surface area (TPSA) is 23.6 Å². The zero-order valence-electron chi connectivity index (χ0n) is 13.7. The van der Waals surface area contributed by atoms with E-state index in [0.29, 0.717) is 0 Å². The van der Waals surface area contributed by atoms with Crippen LogP contribution in [0.4, 0.5) is 0 Å². The number of piperazine rings is 1. The van der Waals surface area contributed by atoms with Gasteiger partial charge < -0.3 is 4.90 Å². The van der Waals surface area contributed by atoms with E-state index in [2.05, 4.69) is 35.4 Å². The molecule has 1 aliphatic rings. The molecular formula is C19H24N2OS. The highest BCUT2D eigenvalue weighted by Gasteiger charge is 2.23. The molecule has 1 aliphatic heterocycles. The van der Waals surface area contributed by atoms with Gasteiger partial charge in [0.1, 0.15) is 0 Å². The second-order valence-electron chi connectivity index (χ2n) is 6.05. The van der Waals surface area contributed by atoms with E-state index >= 15 is 0 Å². The van der Waals surface area contributed by atoms with Crippen molar-refractivity contribution in [2.75, 3.05) is 32.7 Å². The van der Waals surface area contributed by atoms with Crippen molar-refractivity contribution in [3.8, 4) is 0 Å². The second-order valence-corrected chi connectivity index (χ2v) is 7.08. The van der Waals surface area contributed by atoms with Gasteiger partial charge in [-0.3, -0.25) is 9.69 Å². The normalized spacial score (nSPS) is 15.8. The fraction of sp³-hybridized carbons (Fsp3) is 0.421. The summed E-state index contributed by atoms with van der Waals surface area (Å²) in [4.78, 5) is 18.7. The number of carbonyl (C=O) groups is 1. The van der Waals surface area contributed by atoms with Gasteiger partial charge in [-0.2, -0.15) is 0 Å². The quantitative estimate of drug-likeness (QED) is 0.838. The van der Waals surface area contributed by atoms with Crippen molar-refractivity contribution in [3.05, 3.63) is 57.8 Å². The molecule has 1 aromatic heterocycles. The van der Waals surface area contributed by atoms with E-state index in [4.69, 9.17) is 0 Å². The molecule has 0 N–H and O–H groups in total. The first kappa shape index (κ1) is 16.2. The van der Waals surface area contributed by atoms with Gasteiger partial charge in [0.05, 0.1) is 0 Å². The van der Waals surface area contributed by atoms with Gasteiger partial charge in [0, 0.05) is 43.0 Å². The van der Waals surface area contributed by atoms with Gasteiger partial charge in [-0.05, 0) is 36.0 Å². The Morgan fingerprint density at radius 1 is 1.09 bits per heavy atom. The molecule has 2 aromatic rings. The Bertz CT molecular complexity index is 631. The maximum Gasteiger partial charge on any atom is 0.254 e. The lowest BCUT2D eigenvalue weighted by atomic mass is 10.0. The van der Waals surface area contributed by atoms with Crippen LogP contribution in [-0.4, -0.2) is 48.4 Å². The van der Waals surface area contributed by atoms with E-state index in [-0.39, 0.29) is 5.91 Å². The van der Waals surface area contributed by atoms with Gasteiger partial charge in [0.2, 0.25) is 0 Å². The van der Waals surface area contributed by atoms with Gasteiger partial charge in [0.25, 0.3) is 5.91 Å². The van der Waals surface area contributed by atoms with Crippen LogP contribution in [0.25, 0.3) is 0 Å². The summed E-state index contributed by atoms with van der Waals surface area (Å²) in [6, 6.07) is 12.3. The minimum Gasteiger partial charge on any atom is -0.336 e. The molecular weight excluding hydrogens is 304 g/mol. The number of amides is 1. The molecule has 23 heavy (non-hydrogen) atoms. The third-order valence-corrected chi connectivity index (χ3v) is 5.27. The van der Waals surface area contributed by atoms with Crippen molar-refractivity contribution in [3.63, 3.8) is 0 Å². The summed E-state index contributed by atoms with van der Waals surface area (Å²) < 4.78 is 0. The number of hydrogen-bond acceptors (Lipinski definition) is 3. The van der Waals surface area contributed by atoms with Gasteiger partial charge in [0.15, 0.2) is 0 Å². The van der Waals surface area contributed by atoms with Gasteiger partial charge in [-0.15, -0.1) is 11.3 Å². The van der Waals surface area contributed by atoms with Gasteiger partial charge >= 0.3 is 0 Å². The third-order valence-electron chi connectivity index (χ3n) is 4.39. The highest BCUT2D eigenvalue weighted by molar-refractivity contribution is 7.09. The van der Waals surface area contributed by atoms with E-state index in [1.54, 1.807) is 11.3 Å². The van der Waals surface area contributed by atoms with Crippen LogP contribution >= 0.6 is 11.3 Å². The van der Waals surface area contributed by atoms with Crippen LogP contribution in [0.15, 0.2) is 41.8 Å². The molecule has 1 amide bonds. The van der Waals surface area contributed by atoms with Crippen molar-refractivity contribution in [1.29, 1.82) is 0 Å². The average Bonchev–Trinajstić information content (AvgIpc) is 3.09. The predicted octanol–water partition coefficient (Wildman–Crippen LogP) is 3.51. The molecule has 0 aliphatic carbocycles. The maximum absolute atomic E-state index is 12.9. The number of benzene rings is 1. The predicted molar refractivity (Wildman–Crippen MR) is 96.2 cm³/mol. The Morgan fingerprint density at radius 3 is 2.57 bits per heavy atom. The zero-order chi connectivity index (χ0) is 16.1. The van der Waals surface area contributed by atoms with E-state index in [0.717, 1.165) is 50.3 Å². The van der Waals surface area contributed by atoms with Crippen LogP contribution in [0.1, 0.15) is 34.1 Å². The third kappa shape index (κ3) is 4.01. The molecule has 1 fully saturated rings. The number of rotatable bonds is 5. The minimum absolute atomic E-state index is 0.188. The summed E-state index contributed by atoms with van der Waals surface area (Å²) >= 11 is 1.75. The number of thiophene rings is 1. The smallest absolute Gasteiger partial charge is 0.254 e. The lowest BCUT2D eigenvalue weighted by Crippen LogP contribution is -2.48. The molecule has 1 aromatic carbocycles. The molecule has 2 heterocycles. The average molecular weight is 328 g/mol. The highest BCUT2D eigenvalue weighted by Crippen LogP contribution is 2.20. The Morgan fingerprint density at radius 2 is 1.87 bits per heavy atom. The number of hydrogen-bond donors (Lipinski definition) is 0. The summed E-state index contributed by atoms with van der Waals surface area (Å²) in [6.07, 6.45) is 2.02. The number of carbonyl (C=O) groups excluding carboxylic acids is 1. The van der Waals surface area contributed by atoms with Crippen LogP contribution in [0.5, 0.6) is 0 Å². The summed E-state index contributed by atoms with van der Waals surface area (Å²) in [6.45, 7) is 7.01. The standard InChI is InChI=1S/C19H24N2OS/c1-2-9-20-10-12-21(13-11-20)19(22)18-8-4-3-6-16(18)15-17-7-5-14-23-17/h3-8,14H,2,9-13,15H2,1H3. The first-order valence-electron chi connectivity index (χ1n) is 8.40. The van der Waals surface area contributed by atoms with Crippen molar-refractivity contribution in [2.24, 2.45) is 0 Å². The van der Waals surface area contributed by atoms with Crippen molar-refractivity contribution in [2.45, 2.75) is 19.8 Å². The fourth-order valence-electron chi connectivity index (χ4n) is 3.15. The summed E-state index contributed by atoms with van der Waals surface area (Å²) in [5.74, 6) is 0.188. The van der Waals surface area contributed by atoms with Crippen molar-refractivity contribution in [1.82, 2.24) is 9.80 Å². The number of nitrogens with zero attached hydrogens (tertiary/aromatic N) is 2. The Labute approximate surface area is 142 Å². The summed E-state index contributed by atoms with van der Waals surface area (Å²) in [7, 11) is 0. The molecule has 1 saturated heterocycles. The van der Waals surface area contributed by atoms with Crippen LogP contribution in [0.2, 0.25) is 0 Å². The van der Waals surface area contributed by atoms with Crippen molar-refractivity contribution >= 4 is 17.2 Å². The Balaban J connectivity index is 1.70. The van der Waals surface area contributed by atoms with E-state index in [1.807, 2.05) is 23.1 Å². The molecule has 0 unspecified atom stereocenters. The maximum atomic E-state index is 12.9. The molecule has 3 rings (SSSR count). The van der Waals surface area contributed by atoms with E-state index in [9.17, 15) is 4.79 Å². The highest BCUT2D eigenvalue weighted by atomic mass is 32.1. The van der Waals surface area contributed by atoms with Crippen molar-refractivity contribution < 1.29 is 4.79 Å². The monoisotopic (exact) mass is 328 g/mol. The lowest BCUT2D eigenvalue weighted by Gasteiger charge is -2.34. The molecule has 122 valence electrons. The largest absolute Gasteiger partial charge is 0.336 e. The fourth-order valence-corrected chi connectivity index (χ4v) is 3.87. The van der Waals surface area contributed by atoms with Gasteiger partial charge in [-0.25, -0.2) is 0 Å². The summed E-state index contributed by atoms with van der Waals surface area (Å²) in [5, 5.41) is 2.09. The van der Waals surface area contributed by atoms with Crippen LogP contribution in [0, 0.1) is 0 Å². The van der Waals surface area contributed by atoms with Gasteiger partial charge in [-0.1, -0.05) is 31.2 Å². The zero-order valence-corrected chi connectivity index (χ0v) is 14.5. The minimum atomic E-state index is 0.188. The molecule has 0 saturated carbocycles. The van der Waals surface area contributed by atoms with E-state index in [1.165, 1.54) is 11.3 Å². The van der Waals surface area contributed by atoms with Crippen LogP contribution in [0.3, 0.4) is 0 Å². The summed E-state index contributed by atoms with van der Waals surface area (Å²) in [5.41, 5.74) is 2.00. The Kier molecular flexibility index (Phi) is 5.47. The molecule has 0 bridgehead atoms. The first-order chi connectivity index (χ1) is 11.3. The molecule has 3 nitrogen and oxygen atoms in total. The van der Waals surface area contributed by atoms with E-state index < -0.39 is 0 Å². The first-order valence-corrected chi connectivity index (χ1v) is 9.28. The second kappa shape index (κ2) is 7.75. The molecule has 0 atom stereocenters. The Hall–Kier alpha value is -1.65. The van der Waals surface area contributed by atoms with Crippen LogP contribution in [-0.2, 0) is 6.42 Å². The molecule has 4 heteroatoms.